The molecule has 1 atom stereocenters. The molecule has 2 aromatic carbocycles. The number of rotatable bonds is 8. The predicted octanol–water partition coefficient (Wildman–Crippen LogP) is 5.03. The zero-order chi connectivity index (χ0) is 22.6. The molecule has 6 heteroatoms. The van der Waals surface area contributed by atoms with E-state index in [1.54, 1.807) is 20.4 Å². The van der Waals surface area contributed by atoms with Gasteiger partial charge in [0.1, 0.15) is 5.75 Å². The summed E-state index contributed by atoms with van der Waals surface area (Å²) in [5, 5.41) is 0. The third-order valence-electron chi connectivity index (χ3n) is 5.92. The van der Waals surface area contributed by atoms with Gasteiger partial charge in [-0.05, 0) is 66.0 Å². The van der Waals surface area contributed by atoms with E-state index < -0.39 is 10.0 Å². The molecular weight excluding hydrogens is 408 g/mol. The van der Waals surface area contributed by atoms with Gasteiger partial charge in [0.25, 0.3) is 0 Å². The highest BCUT2D eigenvalue weighted by Gasteiger charge is 2.29. The summed E-state index contributed by atoms with van der Waals surface area (Å²) in [4.78, 5) is 4.91. The molecule has 0 spiro atoms. The Balaban J connectivity index is 2.02. The number of methoxy groups -OCH3 is 1. The van der Waals surface area contributed by atoms with Crippen molar-refractivity contribution in [2.75, 3.05) is 20.7 Å². The van der Waals surface area contributed by atoms with Crippen LogP contribution in [-0.4, -0.2) is 39.6 Å². The minimum Gasteiger partial charge on any atom is -0.497 e. The van der Waals surface area contributed by atoms with Gasteiger partial charge in [-0.3, -0.25) is 4.99 Å². The largest absolute Gasteiger partial charge is 0.497 e. The van der Waals surface area contributed by atoms with Crippen molar-refractivity contribution in [2.45, 2.75) is 57.4 Å². The number of hydrogen-bond donors (Lipinski definition) is 0. The number of hydrogen-bond acceptors (Lipinski definition) is 4. The number of aryl methyl sites for hydroxylation is 1. The van der Waals surface area contributed by atoms with E-state index in [1.807, 2.05) is 30.3 Å². The first kappa shape index (κ1) is 23.5. The Morgan fingerprint density at radius 3 is 2.48 bits per heavy atom. The monoisotopic (exact) mass is 442 g/mol. The number of fused-ring (bicyclic) bond motifs is 1. The van der Waals surface area contributed by atoms with Crippen LogP contribution in [-0.2, 0) is 23.0 Å². The Morgan fingerprint density at radius 1 is 1.16 bits per heavy atom. The Kier molecular flexibility index (Phi) is 7.55. The maximum atomic E-state index is 13.7. The third kappa shape index (κ3) is 5.36. The molecule has 0 saturated heterocycles. The topological polar surface area (TPSA) is 59.0 Å². The molecule has 2 aromatic rings. The Labute approximate surface area is 187 Å². The summed E-state index contributed by atoms with van der Waals surface area (Å²) in [5.41, 5.74) is 3.86. The summed E-state index contributed by atoms with van der Waals surface area (Å²) in [6.07, 6.45) is 4.56. The molecule has 1 unspecified atom stereocenters. The first-order chi connectivity index (χ1) is 14.8. The van der Waals surface area contributed by atoms with E-state index in [4.69, 9.17) is 4.74 Å². The standard InChI is InChI=1S/C25H34N2O3S/c1-6-19-14-23-21(13-18(2)3)11-12-26-16-24(23)25(15-19)31(28,29)27(4)17-20-7-9-22(30-5)10-8-20/h7-10,14-16,18,21H,6,11-13,17H2,1-5H3. The molecule has 31 heavy (non-hydrogen) atoms. The van der Waals surface area contributed by atoms with Crippen LogP contribution in [0.3, 0.4) is 0 Å². The van der Waals surface area contributed by atoms with Gasteiger partial charge in [-0.1, -0.05) is 39.0 Å². The molecule has 1 aliphatic heterocycles. The van der Waals surface area contributed by atoms with Crippen molar-refractivity contribution in [3.63, 3.8) is 0 Å². The highest BCUT2D eigenvalue weighted by Crippen LogP contribution is 2.35. The molecule has 0 bridgehead atoms. The molecule has 1 heterocycles. The van der Waals surface area contributed by atoms with E-state index >= 15 is 0 Å². The van der Waals surface area contributed by atoms with Crippen LogP contribution in [0.15, 0.2) is 46.3 Å². The summed E-state index contributed by atoms with van der Waals surface area (Å²) < 4.78 is 34.0. The van der Waals surface area contributed by atoms with E-state index in [-0.39, 0.29) is 0 Å². The number of ether oxygens (including phenoxy) is 1. The van der Waals surface area contributed by atoms with Crippen LogP contribution >= 0.6 is 0 Å². The lowest BCUT2D eigenvalue weighted by Gasteiger charge is -2.24. The summed E-state index contributed by atoms with van der Waals surface area (Å²) in [6.45, 7) is 7.53. The number of sulfonamides is 1. The van der Waals surface area contributed by atoms with Crippen molar-refractivity contribution in [3.05, 3.63) is 58.7 Å². The highest BCUT2D eigenvalue weighted by molar-refractivity contribution is 7.89. The highest BCUT2D eigenvalue weighted by atomic mass is 32.2. The van der Waals surface area contributed by atoms with Crippen LogP contribution in [0, 0.1) is 5.92 Å². The number of aliphatic imine (C=N–C) groups is 1. The van der Waals surface area contributed by atoms with Crippen LogP contribution in [0.1, 0.15) is 61.8 Å². The lowest BCUT2D eigenvalue weighted by atomic mass is 9.85. The van der Waals surface area contributed by atoms with E-state index in [2.05, 4.69) is 31.8 Å². The molecule has 1 aliphatic rings. The van der Waals surface area contributed by atoms with Gasteiger partial charge < -0.3 is 4.74 Å². The van der Waals surface area contributed by atoms with Gasteiger partial charge in [0.15, 0.2) is 0 Å². The van der Waals surface area contributed by atoms with Crippen molar-refractivity contribution in [3.8, 4) is 5.75 Å². The van der Waals surface area contributed by atoms with Crippen LogP contribution in [0.4, 0.5) is 0 Å². The second-order valence-corrected chi connectivity index (χ2v) is 10.7. The van der Waals surface area contributed by atoms with Crippen molar-refractivity contribution in [2.24, 2.45) is 10.9 Å². The Hall–Kier alpha value is -2.18. The molecule has 0 N–H and O–H groups in total. The molecule has 0 saturated carbocycles. The SMILES string of the molecule is CCc1cc2c(c(S(=O)(=O)N(C)Cc3ccc(OC)cc3)c1)C=NCCC2CC(C)C. The van der Waals surface area contributed by atoms with Gasteiger partial charge >= 0.3 is 0 Å². The van der Waals surface area contributed by atoms with Crippen LogP contribution in [0.5, 0.6) is 5.75 Å². The zero-order valence-corrected chi connectivity index (χ0v) is 20.1. The van der Waals surface area contributed by atoms with Crippen molar-refractivity contribution in [1.82, 2.24) is 4.31 Å². The van der Waals surface area contributed by atoms with Gasteiger partial charge in [-0.15, -0.1) is 0 Å². The Morgan fingerprint density at radius 2 is 1.87 bits per heavy atom. The lowest BCUT2D eigenvalue weighted by molar-refractivity contribution is 0.414. The van der Waals surface area contributed by atoms with Gasteiger partial charge in [0, 0.05) is 31.9 Å². The van der Waals surface area contributed by atoms with Crippen LogP contribution < -0.4 is 4.74 Å². The summed E-state index contributed by atoms with van der Waals surface area (Å²) in [7, 11) is -0.424. The minimum absolute atomic E-state index is 0.296. The fourth-order valence-corrected chi connectivity index (χ4v) is 5.60. The van der Waals surface area contributed by atoms with E-state index in [0.29, 0.717) is 23.3 Å². The van der Waals surface area contributed by atoms with Gasteiger partial charge in [-0.2, -0.15) is 4.31 Å². The molecule has 0 aliphatic carbocycles. The molecule has 0 fully saturated rings. The molecule has 168 valence electrons. The maximum Gasteiger partial charge on any atom is 0.243 e. The average molecular weight is 443 g/mol. The fourth-order valence-electron chi connectivity index (χ4n) is 4.20. The first-order valence-corrected chi connectivity index (χ1v) is 12.5. The second kappa shape index (κ2) is 9.96. The van der Waals surface area contributed by atoms with E-state index in [1.165, 1.54) is 4.31 Å². The average Bonchev–Trinajstić information content (AvgIpc) is 2.95. The fraction of sp³-hybridized carbons (Fsp3) is 0.480. The molecule has 0 aromatic heterocycles. The summed E-state index contributed by atoms with van der Waals surface area (Å²) in [5.74, 6) is 1.62. The Bertz CT molecular complexity index is 1030. The minimum atomic E-state index is -3.68. The molecular formula is C25H34N2O3S. The zero-order valence-electron chi connectivity index (χ0n) is 19.3. The molecule has 0 radical (unpaired) electrons. The quantitative estimate of drug-likeness (QED) is 0.576. The molecule has 5 nitrogen and oxygen atoms in total. The summed E-state index contributed by atoms with van der Waals surface area (Å²) in [6, 6.07) is 11.5. The van der Waals surface area contributed by atoms with Crippen molar-refractivity contribution in [1.29, 1.82) is 0 Å². The second-order valence-electron chi connectivity index (χ2n) is 8.71. The predicted molar refractivity (Wildman–Crippen MR) is 127 cm³/mol. The van der Waals surface area contributed by atoms with Gasteiger partial charge in [0.05, 0.1) is 12.0 Å². The van der Waals surface area contributed by atoms with Crippen molar-refractivity contribution >= 4 is 16.2 Å². The smallest absolute Gasteiger partial charge is 0.243 e. The molecule has 0 amide bonds. The summed E-state index contributed by atoms with van der Waals surface area (Å²) >= 11 is 0. The number of benzene rings is 2. The number of nitrogens with zero attached hydrogens (tertiary/aromatic N) is 2. The van der Waals surface area contributed by atoms with Gasteiger partial charge in [-0.25, -0.2) is 8.42 Å². The van der Waals surface area contributed by atoms with Crippen LogP contribution in [0.2, 0.25) is 0 Å². The van der Waals surface area contributed by atoms with Gasteiger partial charge in [0.2, 0.25) is 10.0 Å². The third-order valence-corrected chi connectivity index (χ3v) is 7.76. The first-order valence-electron chi connectivity index (χ1n) is 11.0. The van der Waals surface area contributed by atoms with E-state index in [9.17, 15) is 8.42 Å². The maximum absolute atomic E-state index is 13.7. The van der Waals surface area contributed by atoms with E-state index in [0.717, 1.165) is 53.8 Å². The van der Waals surface area contributed by atoms with Crippen molar-refractivity contribution < 1.29 is 13.2 Å². The van der Waals surface area contributed by atoms with Crippen LogP contribution in [0.25, 0.3) is 0 Å². The lowest BCUT2D eigenvalue weighted by Crippen LogP contribution is -2.28. The normalized spacial score (nSPS) is 16.4. The molecule has 3 rings (SSSR count).